The largest absolute Gasteiger partial charge is 0.352 e. The second kappa shape index (κ2) is 6.19. The van der Waals surface area contributed by atoms with Crippen LogP contribution in [0.25, 0.3) is 0 Å². The first kappa shape index (κ1) is 15.4. The van der Waals surface area contributed by atoms with Crippen LogP contribution in [-0.2, 0) is 12.0 Å². The Labute approximate surface area is 130 Å². The molecule has 2 rings (SSSR count). The fraction of sp³-hybridized carbons (Fsp3) is 0.235. The summed E-state index contributed by atoms with van der Waals surface area (Å²) < 4.78 is 0. The summed E-state index contributed by atoms with van der Waals surface area (Å²) >= 11 is 6.20. The van der Waals surface area contributed by atoms with E-state index in [0.29, 0.717) is 0 Å². The van der Waals surface area contributed by atoms with Crippen molar-refractivity contribution in [3.8, 4) is 0 Å². The van der Waals surface area contributed by atoms with E-state index < -0.39 is 11.6 Å². The van der Waals surface area contributed by atoms with E-state index >= 15 is 0 Å². The van der Waals surface area contributed by atoms with Gasteiger partial charge in [0.25, 0.3) is 0 Å². The molecular weight excluding hydrogens is 284 g/mol. The Bertz CT molecular complexity index is 653. The van der Waals surface area contributed by atoms with E-state index in [1.165, 1.54) is 0 Å². The highest BCUT2D eigenvalue weighted by molar-refractivity contribution is 6.31. The molecule has 0 aliphatic heterocycles. The topological polar surface area (TPSA) is 55.1 Å². The molecule has 3 nitrogen and oxygen atoms in total. The van der Waals surface area contributed by atoms with Gasteiger partial charge in [0.1, 0.15) is 0 Å². The molecule has 2 amide bonds. The highest BCUT2D eigenvalue weighted by atomic mass is 35.5. The number of carbonyl (C=O) groups is 1. The van der Waals surface area contributed by atoms with Gasteiger partial charge >= 0.3 is 6.03 Å². The summed E-state index contributed by atoms with van der Waals surface area (Å²) in [5, 5.41) is 3.51. The van der Waals surface area contributed by atoms with Crippen LogP contribution in [-0.4, -0.2) is 6.03 Å². The summed E-state index contributed by atoms with van der Waals surface area (Å²) in [5.41, 5.74) is 7.94. The van der Waals surface area contributed by atoms with E-state index in [1.807, 2.05) is 56.3 Å². The third-order valence-electron chi connectivity index (χ3n) is 3.44. The third-order valence-corrected chi connectivity index (χ3v) is 3.81. The van der Waals surface area contributed by atoms with Gasteiger partial charge in [0, 0.05) is 5.02 Å². The van der Waals surface area contributed by atoms with Gasteiger partial charge in [-0.2, -0.15) is 0 Å². The summed E-state index contributed by atoms with van der Waals surface area (Å²) in [6, 6.07) is 15.3. The zero-order valence-corrected chi connectivity index (χ0v) is 12.9. The van der Waals surface area contributed by atoms with Crippen LogP contribution in [0.1, 0.15) is 30.5 Å². The van der Waals surface area contributed by atoms with Gasteiger partial charge < -0.3 is 11.1 Å². The van der Waals surface area contributed by atoms with Crippen LogP contribution in [0, 0.1) is 0 Å². The molecule has 0 saturated carbocycles. The molecule has 0 fully saturated rings. The van der Waals surface area contributed by atoms with Crippen molar-refractivity contribution in [3.63, 3.8) is 0 Å². The third kappa shape index (κ3) is 3.99. The maximum absolute atomic E-state index is 11.1. The molecule has 0 radical (unpaired) electrons. The van der Waals surface area contributed by atoms with E-state index in [1.54, 1.807) is 0 Å². The van der Waals surface area contributed by atoms with Crippen LogP contribution in [0.3, 0.4) is 0 Å². The lowest BCUT2D eigenvalue weighted by Crippen LogP contribution is -2.43. The van der Waals surface area contributed by atoms with E-state index in [-0.39, 0.29) is 0 Å². The van der Waals surface area contributed by atoms with E-state index in [4.69, 9.17) is 17.3 Å². The van der Waals surface area contributed by atoms with E-state index in [2.05, 4.69) is 11.4 Å². The van der Waals surface area contributed by atoms with Crippen molar-refractivity contribution in [1.29, 1.82) is 0 Å². The Morgan fingerprint density at radius 1 is 1.19 bits per heavy atom. The number of hydrogen-bond donors (Lipinski definition) is 2. The van der Waals surface area contributed by atoms with Crippen molar-refractivity contribution in [2.75, 3.05) is 0 Å². The molecule has 2 aromatic rings. The van der Waals surface area contributed by atoms with Gasteiger partial charge in [-0.25, -0.2) is 4.79 Å². The number of urea groups is 1. The molecule has 0 atom stereocenters. The second-order valence-electron chi connectivity index (χ2n) is 5.58. The summed E-state index contributed by atoms with van der Waals surface area (Å²) in [6.45, 7) is 3.85. The Morgan fingerprint density at radius 3 is 2.57 bits per heavy atom. The molecule has 21 heavy (non-hydrogen) atoms. The minimum absolute atomic E-state index is 0.512. The Kier molecular flexibility index (Phi) is 4.53. The quantitative estimate of drug-likeness (QED) is 0.886. The number of carbonyl (C=O) groups excluding carboxylic acids is 1. The first-order valence-corrected chi connectivity index (χ1v) is 7.17. The Balaban J connectivity index is 2.26. The van der Waals surface area contributed by atoms with Crippen LogP contribution in [0.2, 0.25) is 5.02 Å². The molecule has 0 aliphatic rings. The minimum Gasteiger partial charge on any atom is -0.352 e. The lowest BCUT2D eigenvalue weighted by Gasteiger charge is -2.26. The number of primary amides is 1. The van der Waals surface area contributed by atoms with E-state index in [0.717, 1.165) is 28.1 Å². The Morgan fingerprint density at radius 2 is 1.90 bits per heavy atom. The number of benzene rings is 2. The standard InChI is InChI=1S/C17H19ClN2O/c1-17(2,20-16(19)21)14-8-5-6-12(11-14)10-13-7-3-4-9-15(13)18/h3-9,11H,10H2,1-2H3,(H3,19,20,21). The van der Waals surface area contributed by atoms with Crippen molar-refractivity contribution in [3.05, 3.63) is 70.2 Å². The molecule has 0 saturated heterocycles. The van der Waals surface area contributed by atoms with Crippen LogP contribution < -0.4 is 11.1 Å². The maximum Gasteiger partial charge on any atom is 0.312 e. The van der Waals surface area contributed by atoms with Crippen LogP contribution in [0.4, 0.5) is 4.79 Å². The molecule has 3 N–H and O–H groups in total. The predicted octanol–water partition coefficient (Wildman–Crippen LogP) is 3.83. The first-order chi connectivity index (χ1) is 9.88. The number of nitrogens with two attached hydrogens (primary N) is 1. The summed E-state index contributed by atoms with van der Waals surface area (Å²) in [4.78, 5) is 11.1. The van der Waals surface area contributed by atoms with Crippen molar-refractivity contribution < 1.29 is 4.79 Å². The van der Waals surface area contributed by atoms with Crippen LogP contribution >= 0.6 is 11.6 Å². The molecule has 0 spiro atoms. The predicted molar refractivity (Wildman–Crippen MR) is 86.4 cm³/mol. The van der Waals surface area contributed by atoms with Gasteiger partial charge in [-0.1, -0.05) is 54.1 Å². The SMILES string of the molecule is CC(C)(NC(N)=O)c1cccc(Cc2ccccc2Cl)c1. The van der Waals surface area contributed by atoms with Crippen molar-refractivity contribution in [2.45, 2.75) is 25.8 Å². The molecule has 0 heterocycles. The van der Waals surface area contributed by atoms with Crippen molar-refractivity contribution in [2.24, 2.45) is 5.73 Å². The smallest absolute Gasteiger partial charge is 0.312 e. The Hall–Kier alpha value is -2.00. The molecule has 110 valence electrons. The summed E-state index contributed by atoms with van der Waals surface area (Å²) in [5.74, 6) is 0. The van der Waals surface area contributed by atoms with Crippen LogP contribution in [0.15, 0.2) is 48.5 Å². The van der Waals surface area contributed by atoms with Gasteiger partial charge in [-0.05, 0) is 43.0 Å². The lowest BCUT2D eigenvalue weighted by atomic mass is 9.91. The summed E-state index contributed by atoms with van der Waals surface area (Å²) in [6.07, 6.45) is 0.750. The normalized spacial score (nSPS) is 11.2. The number of hydrogen-bond acceptors (Lipinski definition) is 1. The highest BCUT2D eigenvalue weighted by Crippen LogP contribution is 2.24. The van der Waals surface area contributed by atoms with Gasteiger partial charge in [0.05, 0.1) is 5.54 Å². The van der Waals surface area contributed by atoms with Gasteiger partial charge in [-0.15, -0.1) is 0 Å². The van der Waals surface area contributed by atoms with E-state index in [9.17, 15) is 4.79 Å². The average molecular weight is 303 g/mol. The highest BCUT2D eigenvalue weighted by Gasteiger charge is 2.21. The number of nitrogens with one attached hydrogen (secondary N) is 1. The fourth-order valence-corrected chi connectivity index (χ4v) is 2.51. The molecule has 0 bridgehead atoms. The zero-order chi connectivity index (χ0) is 15.5. The molecule has 4 heteroatoms. The average Bonchev–Trinajstić information content (AvgIpc) is 2.40. The first-order valence-electron chi connectivity index (χ1n) is 6.79. The monoisotopic (exact) mass is 302 g/mol. The zero-order valence-electron chi connectivity index (χ0n) is 12.2. The van der Waals surface area contributed by atoms with Crippen molar-refractivity contribution >= 4 is 17.6 Å². The maximum atomic E-state index is 11.1. The molecular formula is C17H19ClN2O. The number of halogens is 1. The minimum atomic E-state index is -0.531. The van der Waals surface area contributed by atoms with Gasteiger partial charge in [-0.3, -0.25) is 0 Å². The van der Waals surface area contributed by atoms with Crippen molar-refractivity contribution in [1.82, 2.24) is 5.32 Å². The second-order valence-corrected chi connectivity index (χ2v) is 5.99. The summed E-state index contributed by atoms with van der Waals surface area (Å²) in [7, 11) is 0. The molecule has 2 aromatic carbocycles. The molecule has 0 unspecified atom stereocenters. The van der Waals surface area contributed by atoms with Crippen LogP contribution in [0.5, 0.6) is 0 Å². The number of amides is 2. The van der Waals surface area contributed by atoms with Gasteiger partial charge in [0.2, 0.25) is 0 Å². The fourth-order valence-electron chi connectivity index (χ4n) is 2.31. The lowest BCUT2D eigenvalue weighted by molar-refractivity contribution is 0.238. The van der Waals surface area contributed by atoms with Gasteiger partial charge in [0.15, 0.2) is 0 Å². The molecule has 0 aliphatic carbocycles. The number of rotatable bonds is 4. The molecule has 0 aromatic heterocycles.